The summed E-state index contributed by atoms with van der Waals surface area (Å²) in [5.74, 6) is -1.49. The molecule has 134 valence electrons. The predicted molar refractivity (Wildman–Crippen MR) is 95.5 cm³/mol. The van der Waals surface area contributed by atoms with E-state index >= 15 is 0 Å². The summed E-state index contributed by atoms with van der Waals surface area (Å²) in [7, 11) is 0. The van der Waals surface area contributed by atoms with E-state index in [-0.39, 0.29) is 22.9 Å². The first kappa shape index (κ1) is 17.7. The average Bonchev–Trinajstić information content (AvgIpc) is 3.08. The molecule has 0 radical (unpaired) electrons. The minimum atomic E-state index is -0.547. The molecule has 0 aromatic heterocycles. The SMILES string of the molecule is CC(=O)Nc1cc(C(=O)COC(=O)c2ccc3c(c2)CCC3)ccc1O. The lowest BCUT2D eigenvalue weighted by Crippen LogP contribution is -2.15. The number of anilines is 1. The van der Waals surface area contributed by atoms with Crippen LogP contribution in [0.3, 0.4) is 0 Å². The van der Waals surface area contributed by atoms with Crippen LogP contribution in [0.15, 0.2) is 36.4 Å². The van der Waals surface area contributed by atoms with Crippen LogP contribution in [0.25, 0.3) is 0 Å². The molecule has 1 aliphatic rings. The predicted octanol–water partition coefficient (Wildman–Crippen LogP) is 2.88. The van der Waals surface area contributed by atoms with E-state index in [0.717, 1.165) is 24.8 Å². The number of aryl methyl sites for hydroxylation is 2. The van der Waals surface area contributed by atoms with Gasteiger partial charge in [-0.05, 0) is 60.7 Å². The molecule has 26 heavy (non-hydrogen) atoms. The molecule has 0 fully saturated rings. The van der Waals surface area contributed by atoms with Crippen molar-refractivity contribution in [2.24, 2.45) is 0 Å². The second-order valence-corrected chi connectivity index (χ2v) is 6.25. The summed E-state index contributed by atoms with van der Waals surface area (Å²) in [6, 6.07) is 9.53. The maximum Gasteiger partial charge on any atom is 0.338 e. The highest BCUT2D eigenvalue weighted by Gasteiger charge is 2.17. The molecule has 0 unspecified atom stereocenters. The Morgan fingerprint density at radius 2 is 1.77 bits per heavy atom. The Hall–Kier alpha value is -3.15. The molecule has 0 saturated heterocycles. The number of rotatable bonds is 5. The Labute approximate surface area is 150 Å². The molecule has 2 aromatic carbocycles. The van der Waals surface area contributed by atoms with Gasteiger partial charge in [0.2, 0.25) is 5.91 Å². The molecule has 0 saturated carbocycles. The van der Waals surface area contributed by atoms with Crippen molar-refractivity contribution >= 4 is 23.3 Å². The molecule has 2 N–H and O–H groups in total. The Bertz CT molecular complexity index is 888. The van der Waals surface area contributed by atoms with E-state index in [2.05, 4.69) is 5.32 Å². The summed E-state index contributed by atoms with van der Waals surface area (Å²) in [6.45, 7) is 0.881. The molecule has 0 aliphatic heterocycles. The van der Waals surface area contributed by atoms with Crippen molar-refractivity contribution in [1.82, 2.24) is 0 Å². The first-order valence-corrected chi connectivity index (χ1v) is 8.37. The Morgan fingerprint density at radius 1 is 1.04 bits per heavy atom. The van der Waals surface area contributed by atoms with Crippen molar-refractivity contribution in [3.05, 3.63) is 58.7 Å². The molecule has 0 atom stereocenters. The standard InChI is InChI=1S/C20H19NO5/c1-12(22)21-17-10-15(7-8-18(17)23)19(24)11-26-20(25)16-6-5-13-3-2-4-14(13)9-16/h5-10,23H,2-4,11H2,1H3,(H,21,22). The van der Waals surface area contributed by atoms with Gasteiger partial charge in [0, 0.05) is 12.5 Å². The number of Topliss-reactive ketones (excluding diaryl/α,β-unsaturated/α-hetero) is 1. The third-order valence-corrected chi connectivity index (χ3v) is 4.30. The van der Waals surface area contributed by atoms with E-state index in [0.29, 0.717) is 5.56 Å². The van der Waals surface area contributed by atoms with Gasteiger partial charge in [0.1, 0.15) is 5.75 Å². The number of amides is 1. The topological polar surface area (TPSA) is 92.7 Å². The lowest BCUT2D eigenvalue weighted by molar-refractivity contribution is -0.114. The average molecular weight is 353 g/mol. The minimum absolute atomic E-state index is 0.133. The summed E-state index contributed by atoms with van der Waals surface area (Å²) in [5.41, 5.74) is 3.21. The highest BCUT2D eigenvalue weighted by molar-refractivity contribution is 6.01. The molecule has 6 heteroatoms. The van der Waals surface area contributed by atoms with Gasteiger partial charge in [-0.25, -0.2) is 4.79 Å². The monoisotopic (exact) mass is 353 g/mol. The molecule has 2 aromatic rings. The Morgan fingerprint density at radius 3 is 2.54 bits per heavy atom. The Balaban J connectivity index is 1.65. The molecule has 3 rings (SSSR count). The van der Waals surface area contributed by atoms with Gasteiger partial charge in [-0.2, -0.15) is 0 Å². The smallest absolute Gasteiger partial charge is 0.338 e. The Kier molecular flexibility index (Phi) is 5.02. The zero-order chi connectivity index (χ0) is 18.7. The lowest BCUT2D eigenvalue weighted by Gasteiger charge is -2.09. The van der Waals surface area contributed by atoms with Crippen LogP contribution in [0.4, 0.5) is 5.69 Å². The van der Waals surface area contributed by atoms with Crippen LogP contribution in [-0.4, -0.2) is 29.4 Å². The zero-order valence-corrected chi connectivity index (χ0v) is 14.4. The van der Waals surface area contributed by atoms with Crippen LogP contribution in [0.5, 0.6) is 5.75 Å². The van der Waals surface area contributed by atoms with Gasteiger partial charge in [0.15, 0.2) is 12.4 Å². The number of phenols is 1. The van der Waals surface area contributed by atoms with Gasteiger partial charge < -0.3 is 15.2 Å². The van der Waals surface area contributed by atoms with Crippen LogP contribution >= 0.6 is 0 Å². The molecule has 6 nitrogen and oxygen atoms in total. The summed E-state index contributed by atoms with van der Waals surface area (Å²) in [6.07, 6.45) is 3.07. The van der Waals surface area contributed by atoms with Crippen molar-refractivity contribution in [3.8, 4) is 5.75 Å². The van der Waals surface area contributed by atoms with Crippen LogP contribution in [-0.2, 0) is 22.4 Å². The van der Waals surface area contributed by atoms with E-state index in [9.17, 15) is 19.5 Å². The van der Waals surface area contributed by atoms with Gasteiger partial charge >= 0.3 is 5.97 Å². The van der Waals surface area contributed by atoms with Crippen molar-refractivity contribution in [2.45, 2.75) is 26.2 Å². The summed E-state index contributed by atoms with van der Waals surface area (Å²) in [5, 5.41) is 12.1. The largest absolute Gasteiger partial charge is 0.506 e. The quantitative estimate of drug-likeness (QED) is 0.490. The van der Waals surface area contributed by atoms with Crippen molar-refractivity contribution in [2.75, 3.05) is 11.9 Å². The maximum atomic E-state index is 12.2. The number of fused-ring (bicyclic) bond motifs is 1. The number of benzene rings is 2. The fourth-order valence-electron chi connectivity index (χ4n) is 3.00. The molecule has 0 bridgehead atoms. The lowest BCUT2D eigenvalue weighted by atomic mass is 10.1. The third kappa shape index (κ3) is 3.91. The van der Waals surface area contributed by atoms with Crippen molar-refractivity contribution < 1.29 is 24.2 Å². The van der Waals surface area contributed by atoms with Gasteiger partial charge in [-0.15, -0.1) is 0 Å². The first-order valence-electron chi connectivity index (χ1n) is 8.37. The van der Waals surface area contributed by atoms with E-state index < -0.39 is 18.4 Å². The number of ether oxygens (including phenoxy) is 1. The number of aromatic hydroxyl groups is 1. The molecule has 1 amide bonds. The number of hydrogen-bond acceptors (Lipinski definition) is 5. The van der Waals surface area contributed by atoms with E-state index in [1.165, 1.54) is 30.7 Å². The highest BCUT2D eigenvalue weighted by Crippen LogP contribution is 2.25. The van der Waals surface area contributed by atoms with Crippen LogP contribution in [0, 0.1) is 0 Å². The van der Waals surface area contributed by atoms with Gasteiger partial charge in [0.05, 0.1) is 11.3 Å². The van der Waals surface area contributed by atoms with Crippen LogP contribution < -0.4 is 5.32 Å². The number of nitrogens with one attached hydrogen (secondary N) is 1. The number of esters is 1. The zero-order valence-electron chi connectivity index (χ0n) is 14.4. The second-order valence-electron chi connectivity index (χ2n) is 6.25. The van der Waals surface area contributed by atoms with Gasteiger partial charge in [0.25, 0.3) is 0 Å². The second kappa shape index (κ2) is 7.39. The molecular formula is C20H19NO5. The van der Waals surface area contributed by atoms with E-state index in [4.69, 9.17) is 4.74 Å². The normalized spacial score (nSPS) is 12.3. The number of phenolic OH excluding ortho intramolecular Hbond substituents is 1. The van der Waals surface area contributed by atoms with Crippen LogP contribution in [0.1, 0.15) is 45.2 Å². The molecule has 0 spiro atoms. The first-order chi connectivity index (χ1) is 12.4. The summed E-state index contributed by atoms with van der Waals surface area (Å²) < 4.78 is 5.12. The number of ketones is 1. The van der Waals surface area contributed by atoms with Gasteiger partial charge in [-0.3, -0.25) is 9.59 Å². The van der Waals surface area contributed by atoms with Crippen molar-refractivity contribution in [3.63, 3.8) is 0 Å². The third-order valence-electron chi connectivity index (χ3n) is 4.30. The molecule has 0 heterocycles. The van der Waals surface area contributed by atoms with Gasteiger partial charge in [-0.1, -0.05) is 6.07 Å². The summed E-state index contributed by atoms with van der Waals surface area (Å²) in [4.78, 5) is 35.5. The summed E-state index contributed by atoms with van der Waals surface area (Å²) >= 11 is 0. The molecule has 1 aliphatic carbocycles. The van der Waals surface area contributed by atoms with E-state index in [1.807, 2.05) is 12.1 Å². The minimum Gasteiger partial charge on any atom is -0.506 e. The highest BCUT2D eigenvalue weighted by atomic mass is 16.5. The fourth-order valence-corrected chi connectivity index (χ4v) is 3.00. The van der Waals surface area contributed by atoms with E-state index in [1.54, 1.807) is 6.07 Å². The van der Waals surface area contributed by atoms with Crippen molar-refractivity contribution in [1.29, 1.82) is 0 Å². The number of hydrogen-bond donors (Lipinski definition) is 2. The fraction of sp³-hybridized carbons (Fsp3) is 0.250. The number of carbonyl (C=O) groups excluding carboxylic acids is 3. The maximum absolute atomic E-state index is 12.2. The van der Waals surface area contributed by atoms with Crippen LogP contribution in [0.2, 0.25) is 0 Å². The number of carbonyl (C=O) groups is 3. The molecular weight excluding hydrogens is 334 g/mol.